The van der Waals surface area contributed by atoms with Crippen molar-refractivity contribution in [3.05, 3.63) is 5.89 Å². The molecule has 1 rings (SSSR count). The van der Waals surface area contributed by atoms with Gasteiger partial charge in [-0.1, -0.05) is 41.0 Å². The number of halogens is 1. The number of thioether (sulfide) groups is 1. The van der Waals surface area contributed by atoms with Crippen LogP contribution in [0.3, 0.4) is 0 Å². The summed E-state index contributed by atoms with van der Waals surface area (Å²) in [6, 6.07) is 0. The molecule has 74 valence electrons. The lowest BCUT2D eigenvalue weighted by Crippen LogP contribution is -2.02. The van der Waals surface area contributed by atoms with E-state index in [1.54, 1.807) is 18.7 Å². The Bertz CT molecular complexity index is 250. The third-order valence-corrected chi connectivity index (χ3v) is 3.71. The normalized spacial score (nSPS) is 13.2. The minimum absolute atomic E-state index is 0.634. The van der Waals surface area contributed by atoms with Crippen molar-refractivity contribution in [2.45, 2.75) is 25.5 Å². The summed E-state index contributed by atoms with van der Waals surface area (Å²) in [5.74, 6) is 2.34. The Morgan fingerprint density at radius 1 is 1.54 bits per heavy atom. The van der Waals surface area contributed by atoms with Gasteiger partial charge in [0.15, 0.2) is 0 Å². The van der Waals surface area contributed by atoms with Gasteiger partial charge < -0.3 is 4.42 Å². The lowest BCUT2D eigenvalue weighted by Gasteiger charge is -2.07. The van der Waals surface area contributed by atoms with E-state index in [4.69, 9.17) is 4.42 Å². The summed E-state index contributed by atoms with van der Waals surface area (Å²) in [7, 11) is 0. The molecule has 0 aliphatic rings. The second kappa shape index (κ2) is 5.65. The average molecular weight is 265 g/mol. The maximum Gasteiger partial charge on any atom is 0.276 e. The number of hydrogen-bond donors (Lipinski definition) is 0. The zero-order chi connectivity index (χ0) is 9.68. The highest BCUT2D eigenvalue weighted by molar-refractivity contribution is 9.09. The average Bonchev–Trinajstić information content (AvgIpc) is 2.53. The number of nitrogens with zero attached hydrogens (tertiary/aromatic N) is 2. The largest absolute Gasteiger partial charge is 0.416 e. The molecule has 13 heavy (non-hydrogen) atoms. The van der Waals surface area contributed by atoms with Crippen LogP contribution in [0.15, 0.2) is 9.64 Å². The molecule has 0 saturated carbocycles. The molecule has 0 aliphatic carbocycles. The van der Waals surface area contributed by atoms with Gasteiger partial charge in [0, 0.05) is 18.0 Å². The number of aromatic nitrogens is 2. The molecule has 3 nitrogen and oxygen atoms in total. The van der Waals surface area contributed by atoms with Crippen molar-refractivity contribution in [3.8, 4) is 0 Å². The van der Waals surface area contributed by atoms with Crippen LogP contribution in [0.4, 0.5) is 0 Å². The van der Waals surface area contributed by atoms with E-state index >= 15 is 0 Å². The number of rotatable bonds is 5. The molecule has 1 heterocycles. The highest BCUT2D eigenvalue weighted by Gasteiger charge is 2.08. The van der Waals surface area contributed by atoms with Gasteiger partial charge in [-0.05, 0) is 5.92 Å². The SMILES string of the molecule is CCC(CBr)CSc1nnc(C)o1. The van der Waals surface area contributed by atoms with E-state index < -0.39 is 0 Å². The van der Waals surface area contributed by atoms with Gasteiger partial charge in [-0.3, -0.25) is 0 Å². The first-order chi connectivity index (χ1) is 6.26. The van der Waals surface area contributed by atoms with Crippen LogP contribution in [0.2, 0.25) is 0 Å². The molecule has 1 aromatic heterocycles. The summed E-state index contributed by atoms with van der Waals surface area (Å²) in [5, 5.41) is 9.39. The molecule has 5 heteroatoms. The van der Waals surface area contributed by atoms with E-state index in [-0.39, 0.29) is 0 Å². The molecule has 0 radical (unpaired) electrons. The van der Waals surface area contributed by atoms with Crippen LogP contribution in [-0.4, -0.2) is 21.3 Å². The molecule has 1 aromatic rings. The van der Waals surface area contributed by atoms with Crippen LogP contribution in [0.25, 0.3) is 0 Å². The van der Waals surface area contributed by atoms with E-state index in [2.05, 4.69) is 33.1 Å². The Morgan fingerprint density at radius 3 is 2.77 bits per heavy atom. The zero-order valence-corrected chi connectivity index (χ0v) is 10.2. The van der Waals surface area contributed by atoms with Gasteiger partial charge in [0.05, 0.1) is 0 Å². The summed E-state index contributed by atoms with van der Waals surface area (Å²) >= 11 is 5.10. The van der Waals surface area contributed by atoms with Gasteiger partial charge in [0.2, 0.25) is 5.89 Å². The second-order valence-corrected chi connectivity index (χ2v) is 4.45. The summed E-state index contributed by atoms with van der Waals surface area (Å²) in [4.78, 5) is 0. The molecular weight excluding hydrogens is 252 g/mol. The van der Waals surface area contributed by atoms with Crippen molar-refractivity contribution in [2.24, 2.45) is 5.92 Å². The summed E-state index contributed by atoms with van der Waals surface area (Å²) in [6.07, 6.45) is 1.17. The van der Waals surface area contributed by atoms with E-state index in [0.29, 0.717) is 17.0 Å². The molecule has 0 spiro atoms. The van der Waals surface area contributed by atoms with Crippen LogP contribution in [0.5, 0.6) is 0 Å². The molecular formula is C8H13BrN2OS. The van der Waals surface area contributed by atoms with Crippen molar-refractivity contribution < 1.29 is 4.42 Å². The first kappa shape index (κ1) is 11.0. The number of alkyl halides is 1. The monoisotopic (exact) mass is 264 g/mol. The maximum atomic E-state index is 5.25. The van der Waals surface area contributed by atoms with Gasteiger partial charge >= 0.3 is 0 Å². The maximum absolute atomic E-state index is 5.25. The molecule has 0 fully saturated rings. The highest BCUT2D eigenvalue weighted by atomic mass is 79.9. The van der Waals surface area contributed by atoms with Crippen molar-refractivity contribution in [1.29, 1.82) is 0 Å². The predicted molar refractivity (Wildman–Crippen MR) is 57.3 cm³/mol. The van der Waals surface area contributed by atoms with Crippen LogP contribution >= 0.6 is 27.7 Å². The van der Waals surface area contributed by atoms with Crippen LogP contribution in [0, 0.1) is 12.8 Å². The molecule has 0 saturated heterocycles. The van der Waals surface area contributed by atoms with Crippen LogP contribution < -0.4 is 0 Å². The van der Waals surface area contributed by atoms with Gasteiger partial charge in [0.25, 0.3) is 5.22 Å². The van der Waals surface area contributed by atoms with Gasteiger partial charge in [-0.15, -0.1) is 10.2 Å². The molecule has 0 aromatic carbocycles. The Kier molecular flexibility index (Phi) is 4.80. The second-order valence-electron chi connectivity index (χ2n) is 2.83. The topological polar surface area (TPSA) is 38.9 Å². The standard InChI is InChI=1S/C8H13BrN2OS/c1-3-7(4-9)5-13-8-11-10-6(2)12-8/h7H,3-5H2,1-2H3. The lowest BCUT2D eigenvalue weighted by atomic mass is 10.2. The number of hydrogen-bond acceptors (Lipinski definition) is 4. The quantitative estimate of drug-likeness (QED) is 0.606. The highest BCUT2D eigenvalue weighted by Crippen LogP contribution is 2.21. The van der Waals surface area contributed by atoms with Crippen LogP contribution in [-0.2, 0) is 0 Å². The smallest absolute Gasteiger partial charge is 0.276 e. The fourth-order valence-electron chi connectivity index (χ4n) is 0.797. The van der Waals surface area contributed by atoms with Gasteiger partial charge in [-0.2, -0.15) is 0 Å². The first-order valence-electron chi connectivity index (χ1n) is 4.25. The minimum atomic E-state index is 0.634. The van der Waals surface area contributed by atoms with E-state index in [0.717, 1.165) is 11.1 Å². The van der Waals surface area contributed by atoms with Crippen molar-refractivity contribution in [3.63, 3.8) is 0 Å². The van der Waals surface area contributed by atoms with Gasteiger partial charge in [-0.25, -0.2) is 0 Å². The van der Waals surface area contributed by atoms with Gasteiger partial charge in [0.1, 0.15) is 0 Å². The zero-order valence-electron chi connectivity index (χ0n) is 7.79. The molecule has 0 bridgehead atoms. The molecule has 0 aliphatic heterocycles. The summed E-state index contributed by atoms with van der Waals surface area (Å²) in [6.45, 7) is 3.99. The van der Waals surface area contributed by atoms with Crippen molar-refractivity contribution in [2.75, 3.05) is 11.1 Å². The van der Waals surface area contributed by atoms with Crippen molar-refractivity contribution >= 4 is 27.7 Å². The fourth-order valence-corrected chi connectivity index (χ4v) is 2.80. The van der Waals surface area contributed by atoms with Crippen molar-refractivity contribution in [1.82, 2.24) is 10.2 Å². The van der Waals surface area contributed by atoms with E-state index in [1.807, 2.05) is 0 Å². The Hall–Kier alpha value is -0.0300. The Balaban J connectivity index is 2.33. The predicted octanol–water partition coefficient (Wildman–Crippen LogP) is 2.89. The molecule has 0 amide bonds. The molecule has 0 N–H and O–H groups in total. The fraction of sp³-hybridized carbons (Fsp3) is 0.750. The summed E-state index contributed by atoms with van der Waals surface area (Å²) in [5.41, 5.74) is 0. The van der Waals surface area contributed by atoms with E-state index in [1.165, 1.54) is 6.42 Å². The Labute approximate surface area is 90.8 Å². The first-order valence-corrected chi connectivity index (χ1v) is 6.35. The minimum Gasteiger partial charge on any atom is -0.416 e. The number of aryl methyl sites for hydroxylation is 1. The molecule has 1 atom stereocenters. The summed E-state index contributed by atoms with van der Waals surface area (Å²) < 4.78 is 5.25. The van der Waals surface area contributed by atoms with E-state index in [9.17, 15) is 0 Å². The third-order valence-electron chi connectivity index (χ3n) is 1.75. The molecule has 1 unspecified atom stereocenters. The third kappa shape index (κ3) is 3.68. The van der Waals surface area contributed by atoms with Crippen LogP contribution in [0.1, 0.15) is 19.2 Å². The lowest BCUT2D eigenvalue weighted by molar-refractivity contribution is 0.428. The Morgan fingerprint density at radius 2 is 2.31 bits per heavy atom.